The second kappa shape index (κ2) is 47.2. The lowest BCUT2D eigenvalue weighted by Gasteiger charge is -2.25. The van der Waals surface area contributed by atoms with E-state index >= 15 is 0 Å². The number of nitrogens with two attached hydrogens (primary N) is 2. The molecule has 1 rings (SSSR count). The monoisotopic (exact) mass is 1150 g/mol. The van der Waals surface area contributed by atoms with Gasteiger partial charge in [-0.25, -0.2) is 5.10 Å². The molecule has 0 unspecified atom stereocenters. The van der Waals surface area contributed by atoms with Crippen molar-refractivity contribution in [2.24, 2.45) is 11.5 Å². The summed E-state index contributed by atoms with van der Waals surface area (Å²) in [4.78, 5) is 125. The van der Waals surface area contributed by atoms with E-state index in [2.05, 4.69) is 57.8 Å². The van der Waals surface area contributed by atoms with Gasteiger partial charge in [0.25, 0.3) is 0 Å². The lowest BCUT2D eigenvalue weighted by atomic mass is 10.0. The molecule has 81 heavy (non-hydrogen) atoms. The molecule has 0 fully saturated rings. The number of carboxylic acid groups (broad SMARTS) is 3. The van der Waals surface area contributed by atoms with E-state index in [1.165, 1.54) is 64.8 Å². The molecule has 0 spiro atoms. The Morgan fingerprint density at radius 1 is 0.531 bits per heavy atom. The number of carbonyl (C=O) groups is 10. The minimum Gasteiger partial charge on any atom is -0.481 e. The van der Waals surface area contributed by atoms with Gasteiger partial charge in [-0.2, -0.15) is 0 Å². The maximum absolute atomic E-state index is 13.7. The Morgan fingerprint density at radius 2 is 1.02 bits per heavy atom. The maximum Gasteiger partial charge on any atom is 0.317 e. The average Bonchev–Trinajstić information content (AvgIpc) is 3.95. The van der Waals surface area contributed by atoms with E-state index in [1.807, 2.05) is 0 Å². The van der Waals surface area contributed by atoms with Crippen LogP contribution in [0.5, 0.6) is 0 Å². The van der Waals surface area contributed by atoms with Crippen molar-refractivity contribution in [3.05, 3.63) is 5.82 Å². The van der Waals surface area contributed by atoms with Gasteiger partial charge in [0, 0.05) is 32.5 Å². The molecule has 0 radical (unpaired) electrons. The van der Waals surface area contributed by atoms with Gasteiger partial charge in [0.15, 0.2) is 0 Å². The van der Waals surface area contributed by atoms with Gasteiger partial charge in [0.1, 0.15) is 30.6 Å². The molecule has 0 aliphatic heterocycles. The molecular weight excluding hydrogens is 1060 g/mol. The Hall–Kier alpha value is -6.43. The summed E-state index contributed by atoms with van der Waals surface area (Å²) in [5.41, 5.74) is 11.2. The van der Waals surface area contributed by atoms with Crippen LogP contribution in [0.25, 0.3) is 0 Å². The molecule has 4 atom stereocenters. The van der Waals surface area contributed by atoms with Gasteiger partial charge in [-0.05, 0) is 88.2 Å². The van der Waals surface area contributed by atoms with Crippen LogP contribution in [0.1, 0.15) is 160 Å². The topological polar surface area (TPSA) is 444 Å². The summed E-state index contributed by atoms with van der Waals surface area (Å²) in [7, 11) is 1.52. The number of tetrazole rings is 1. The number of aromatic amines is 1. The van der Waals surface area contributed by atoms with Crippen LogP contribution in [0.3, 0.4) is 0 Å². The molecular formula is C52H94N14O15. The number of amides is 7. The summed E-state index contributed by atoms with van der Waals surface area (Å²) in [5.74, 6) is -7.72. The van der Waals surface area contributed by atoms with Crippen molar-refractivity contribution >= 4 is 59.3 Å². The Bertz CT molecular complexity index is 1950. The smallest absolute Gasteiger partial charge is 0.317 e. The van der Waals surface area contributed by atoms with Gasteiger partial charge in [-0.15, -0.1) is 5.10 Å². The predicted octanol–water partition coefficient (Wildman–Crippen LogP) is -0.471. The number of carbonyl (C=O) groups excluding carboxylic acids is 7. The first-order chi connectivity index (χ1) is 38.9. The van der Waals surface area contributed by atoms with Crippen molar-refractivity contribution in [3.8, 4) is 0 Å². The number of likely N-dealkylation sites (N-methyl/N-ethyl adjacent to an activating group) is 1. The first-order valence-corrected chi connectivity index (χ1v) is 28.6. The fourth-order valence-electron chi connectivity index (χ4n) is 8.46. The standard InChI is InChI=1S/C52H94N14O15/c1-55-39(22-15-18-26-53)50(77)61-41(33-46(70)71)52(79)60-40(23-17-20-27-56-44(68)34-66(35-47(72)73)36-48(74)75)51(78)59-38(49(54)76)21-16-19-28-57-45(69)37-81-32-31-80-30-29-58-43(67)25-14-12-10-8-6-4-2-3-5-7-9-11-13-24-42-62-64-65-63-42/h38-41,55H,2-37,53H2,1H3,(H2,54,76)(H,56,68)(H,57,69)(H,58,67)(H,59,78)(H,60,79)(H,61,77)(H,70,71)(H,72,73)(H,74,75)(H,62,63,64,65)/t38-,39-,40-,41-/m0/s1. The van der Waals surface area contributed by atoms with Crippen molar-refractivity contribution in [3.63, 3.8) is 0 Å². The lowest BCUT2D eigenvalue weighted by Crippen LogP contribution is -2.58. The second-order valence-electron chi connectivity index (χ2n) is 19.9. The number of ether oxygens (including phenoxy) is 2. The maximum atomic E-state index is 13.7. The van der Waals surface area contributed by atoms with Crippen LogP contribution in [-0.4, -0.2) is 204 Å². The molecule has 0 aliphatic carbocycles. The average molecular weight is 1160 g/mol. The first kappa shape index (κ1) is 72.6. The van der Waals surface area contributed by atoms with Gasteiger partial charge in [-0.3, -0.25) is 52.8 Å². The zero-order valence-corrected chi connectivity index (χ0v) is 47.4. The number of hydrogen-bond donors (Lipinski definition) is 13. The van der Waals surface area contributed by atoms with Crippen molar-refractivity contribution in [2.75, 3.05) is 79.3 Å². The highest BCUT2D eigenvalue weighted by Crippen LogP contribution is 2.14. The van der Waals surface area contributed by atoms with Crippen molar-refractivity contribution < 1.29 is 72.7 Å². The van der Waals surface area contributed by atoms with Crippen LogP contribution in [-0.2, 0) is 63.8 Å². The summed E-state index contributed by atoms with van der Waals surface area (Å²) in [6, 6.07) is -5.02. The van der Waals surface area contributed by atoms with E-state index in [9.17, 15) is 53.1 Å². The number of unbranched alkanes of at least 4 members (excludes halogenated alkanes) is 15. The second-order valence-corrected chi connectivity index (χ2v) is 19.9. The molecule has 0 aromatic carbocycles. The fourth-order valence-corrected chi connectivity index (χ4v) is 8.46. The molecule has 1 aromatic rings. The molecule has 1 heterocycles. The van der Waals surface area contributed by atoms with Crippen LogP contribution in [0.15, 0.2) is 0 Å². The molecule has 15 N–H and O–H groups in total. The first-order valence-electron chi connectivity index (χ1n) is 28.6. The normalized spacial score (nSPS) is 12.6. The number of aliphatic carboxylic acids is 3. The summed E-state index contributed by atoms with van der Waals surface area (Å²) in [5, 5.41) is 60.0. The number of H-pyrrole nitrogens is 1. The Balaban J connectivity index is 2.46. The largest absolute Gasteiger partial charge is 0.481 e. The number of aryl methyl sites for hydroxylation is 1. The van der Waals surface area contributed by atoms with Crippen LogP contribution >= 0.6 is 0 Å². The summed E-state index contributed by atoms with van der Waals surface area (Å²) < 4.78 is 10.9. The number of rotatable bonds is 54. The van der Waals surface area contributed by atoms with Crippen LogP contribution in [0.2, 0.25) is 0 Å². The predicted molar refractivity (Wildman–Crippen MR) is 296 cm³/mol. The van der Waals surface area contributed by atoms with Crippen LogP contribution in [0, 0.1) is 0 Å². The van der Waals surface area contributed by atoms with Crippen molar-refractivity contribution in [1.82, 2.24) is 62.7 Å². The number of primary amides is 1. The summed E-state index contributed by atoms with van der Waals surface area (Å²) in [6.45, 7) is -0.513. The van der Waals surface area contributed by atoms with E-state index in [4.69, 9.17) is 31.2 Å². The highest BCUT2D eigenvalue weighted by Gasteiger charge is 2.31. The SMILES string of the molecule is CN[C@@H](CCCCN)C(=O)N[C@@H](CC(=O)O)C(=O)N[C@@H](CCCCNC(=O)CN(CC(=O)O)CC(=O)O)C(=O)N[C@@H](CCCCNC(=O)COCCOCCNC(=O)CCCCCCCCCCCCCCCc1nnn[nH]1)C(N)=O. The minimum absolute atomic E-state index is 0.00183. The molecule has 0 saturated heterocycles. The fraction of sp³-hybridized carbons (Fsp3) is 0.788. The van der Waals surface area contributed by atoms with Crippen molar-refractivity contribution in [1.29, 1.82) is 0 Å². The quantitative estimate of drug-likeness (QED) is 0.0367. The molecule has 462 valence electrons. The molecule has 0 saturated carbocycles. The van der Waals surface area contributed by atoms with E-state index in [-0.39, 0.29) is 64.5 Å². The van der Waals surface area contributed by atoms with Crippen LogP contribution < -0.4 is 48.7 Å². The third kappa shape index (κ3) is 40.4. The molecule has 7 amide bonds. The van der Waals surface area contributed by atoms with E-state index in [1.54, 1.807) is 0 Å². The number of carboxylic acids is 3. The minimum atomic E-state index is -1.62. The third-order valence-electron chi connectivity index (χ3n) is 12.9. The Morgan fingerprint density at radius 3 is 1.58 bits per heavy atom. The molecule has 29 nitrogen and oxygen atoms in total. The van der Waals surface area contributed by atoms with Gasteiger partial charge in [0.2, 0.25) is 41.4 Å². The Kier molecular flexibility index (Phi) is 42.3. The number of nitrogens with zero attached hydrogens (tertiary/aromatic N) is 4. The highest BCUT2D eigenvalue weighted by molar-refractivity contribution is 5.96. The summed E-state index contributed by atoms with van der Waals surface area (Å²) in [6.07, 6.45) is 18.4. The number of nitrogens with one attached hydrogen (secondary N) is 8. The molecule has 0 aliphatic rings. The van der Waals surface area contributed by atoms with Gasteiger partial charge >= 0.3 is 17.9 Å². The zero-order valence-electron chi connectivity index (χ0n) is 47.4. The molecule has 29 heteroatoms. The molecule has 1 aromatic heterocycles. The van der Waals surface area contributed by atoms with E-state index in [0.29, 0.717) is 58.2 Å². The molecule has 0 bridgehead atoms. The van der Waals surface area contributed by atoms with Gasteiger partial charge in [-0.1, -0.05) is 77.0 Å². The van der Waals surface area contributed by atoms with E-state index in [0.717, 1.165) is 42.8 Å². The summed E-state index contributed by atoms with van der Waals surface area (Å²) >= 11 is 0. The lowest BCUT2D eigenvalue weighted by molar-refractivity contribution is -0.143. The van der Waals surface area contributed by atoms with Gasteiger partial charge < -0.3 is 73.5 Å². The number of aromatic nitrogens is 4. The van der Waals surface area contributed by atoms with Gasteiger partial charge in [0.05, 0.1) is 51.9 Å². The number of hydrogen-bond acceptors (Lipinski definition) is 18. The Labute approximate surface area is 474 Å². The third-order valence-corrected chi connectivity index (χ3v) is 12.9. The van der Waals surface area contributed by atoms with Crippen LogP contribution in [0.4, 0.5) is 0 Å². The zero-order chi connectivity index (χ0) is 59.9. The highest BCUT2D eigenvalue weighted by atomic mass is 16.5. The van der Waals surface area contributed by atoms with Crippen molar-refractivity contribution in [2.45, 2.75) is 185 Å². The van der Waals surface area contributed by atoms with E-state index < -0.39 is 104 Å².